The minimum absolute atomic E-state index is 0. The molecule has 0 saturated carbocycles. The number of rotatable bonds is 24. The van der Waals surface area contributed by atoms with Crippen LogP contribution in [0.15, 0.2) is 441 Å². The van der Waals surface area contributed by atoms with Crippen molar-refractivity contribution in [1.29, 1.82) is 0 Å². The second-order valence-electron chi connectivity index (χ2n) is 33.9. The average molecular weight is 2050 g/mol. The summed E-state index contributed by atoms with van der Waals surface area (Å²) in [4.78, 5) is 91.1. The normalized spacial score (nSPS) is 12.9. The van der Waals surface area contributed by atoms with E-state index < -0.39 is 5.54 Å². The summed E-state index contributed by atoms with van der Waals surface area (Å²) in [5.41, 5.74) is 26.5. The molecule has 1 aliphatic carbocycles. The van der Waals surface area contributed by atoms with Crippen LogP contribution < -0.4 is 5.32 Å². The van der Waals surface area contributed by atoms with Gasteiger partial charge < -0.3 is 5.32 Å². The molecule has 19 heteroatoms. The maximum Gasteiger partial charge on any atom is 2.00 e. The summed E-state index contributed by atoms with van der Waals surface area (Å²) in [6.07, 6.45) is 41.3. The number of carbonyl (C=O) groups is 3. The molecule has 10 aromatic heterocycles. The fourth-order valence-electron chi connectivity index (χ4n) is 17.6. The van der Waals surface area contributed by atoms with Gasteiger partial charge in [0.2, 0.25) is 0 Å². The number of hydrogen-bond donors (Lipinski definition) is 1. The fraction of sp³-hybridized carbons (Fsp3) is 0.130. The Kier molecular flexibility index (Phi) is 35.6. The van der Waals surface area contributed by atoms with Crippen molar-refractivity contribution in [2.45, 2.75) is 103 Å². The molecule has 22 rings (SSSR count). The van der Waals surface area contributed by atoms with Gasteiger partial charge in [-0.15, -0.1) is 0 Å². The van der Waals surface area contributed by atoms with E-state index in [1.807, 2.05) is 243 Å². The Labute approximate surface area is 858 Å². The van der Waals surface area contributed by atoms with E-state index in [-0.39, 0.29) is 56.3 Å². The molecule has 9 aromatic carbocycles. The van der Waals surface area contributed by atoms with Crippen LogP contribution in [-0.2, 0) is 39.0 Å². The summed E-state index contributed by atoms with van der Waals surface area (Å²) in [6.45, 7) is 6.45. The van der Waals surface area contributed by atoms with Crippen LogP contribution >= 0.6 is 12.2 Å². The van der Waals surface area contributed by atoms with Gasteiger partial charge in [-0.3, -0.25) is 69.2 Å². The largest absolute Gasteiger partial charge is 2.00 e. The number of unbranched alkanes of at least 4 members (excludes halogenated alkanes) is 6. The van der Waals surface area contributed by atoms with Crippen LogP contribution in [0.4, 0.5) is 0 Å². The molecular formula is C123H103N13O3Ru2S+4. The molecule has 0 saturated heterocycles. The zero-order chi connectivity index (χ0) is 96.0. The average Bonchev–Trinajstić information content (AvgIpc) is 0.722. The molecule has 12 heterocycles. The molecular weight excluding hydrogens is 1940 g/mol. The summed E-state index contributed by atoms with van der Waals surface area (Å²) >= 11 is 5.09. The van der Waals surface area contributed by atoms with Crippen LogP contribution in [-0.4, -0.2) is 84.1 Å². The van der Waals surface area contributed by atoms with Crippen molar-refractivity contribution in [2.75, 3.05) is 0 Å². The molecule has 0 amide bonds. The van der Waals surface area contributed by atoms with E-state index in [1.54, 1.807) is 37.2 Å². The SMILES string of the molecule is CCCCCC(=O)c1ccc(-c2ccnc3c2ccc2c(-c4ccccc4)ccnc23)cc1.CCCCCC(=O)c1ccc(-c2ccnc3c2ccc2c(-c4ccccc4)ccnc23)cc1.CCCCCC(=O)c1ccc(C2=C3C=CC4(N=C=S)C(c5ccccc5)=CC=NC4=C3NC=C2)cc1.[Ru+2].[Ru+2].c1ccc(-c2ccccn2)nc1.c1ccc(-c2ccccn2)nc1.c1cnc2c(c1)ccc1cccnc12. The van der Waals surface area contributed by atoms with E-state index in [0.29, 0.717) is 19.3 Å². The van der Waals surface area contributed by atoms with Gasteiger partial charge in [0, 0.05) is 148 Å². The van der Waals surface area contributed by atoms with Gasteiger partial charge in [0.05, 0.1) is 66.7 Å². The van der Waals surface area contributed by atoms with E-state index in [1.165, 1.54) is 11.1 Å². The molecule has 0 fully saturated rings. The molecule has 1 unspecified atom stereocenters. The van der Waals surface area contributed by atoms with E-state index in [9.17, 15) is 14.4 Å². The van der Waals surface area contributed by atoms with Gasteiger partial charge in [0.1, 0.15) is 5.70 Å². The molecule has 3 aliphatic rings. The molecule has 19 aromatic rings. The van der Waals surface area contributed by atoms with E-state index in [4.69, 9.17) is 37.1 Å². The second-order valence-corrected chi connectivity index (χ2v) is 34.1. The summed E-state index contributed by atoms with van der Waals surface area (Å²) in [5.74, 6) is 0.643. The van der Waals surface area contributed by atoms with Crippen molar-refractivity contribution >= 4 is 118 Å². The van der Waals surface area contributed by atoms with Crippen molar-refractivity contribution in [1.82, 2.24) is 55.2 Å². The summed E-state index contributed by atoms with van der Waals surface area (Å²) in [7, 11) is 0. The number of thiocarbonyl (C=S) groups is 1. The predicted octanol–water partition coefficient (Wildman–Crippen LogP) is 29.9. The first-order valence-corrected chi connectivity index (χ1v) is 48.1. The molecule has 1 N–H and O–H groups in total. The minimum atomic E-state index is -0.852. The zero-order valence-electron chi connectivity index (χ0n) is 79.0. The maximum absolute atomic E-state index is 12.5. The molecule has 2 aliphatic heterocycles. The van der Waals surface area contributed by atoms with E-state index in [0.717, 1.165) is 235 Å². The van der Waals surface area contributed by atoms with Gasteiger partial charge in [-0.25, -0.2) is 4.99 Å². The number of isothiocyanates is 1. The van der Waals surface area contributed by atoms with Crippen molar-refractivity contribution in [3.05, 3.63) is 459 Å². The van der Waals surface area contributed by atoms with E-state index in [2.05, 4.69) is 206 Å². The van der Waals surface area contributed by atoms with Gasteiger partial charge in [0.25, 0.3) is 0 Å². The van der Waals surface area contributed by atoms with Crippen molar-refractivity contribution in [3.8, 4) is 67.3 Å². The first-order chi connectivity index (χ1) is 69.1. The van der Waals surface area contributed by atoms with Crippen LogP contribution in [0.3, 0.4) is 0 Å². The standard InChI is InChI=1S/C31H27N3OS.2C30H26N2O.C12H8N2.2C10H8N2.2Ru/c1-2-3-5-10-28(35)24-13-11-22(12-14-24)25-16-19-32-29-26(25)15-18-31(34-21-36)27(17-20-33-30(29)31)23-8-6-4-7-9-23;2*1-2-3-5-10-28(33)23-13-11-22(12-14-23)25-18-20-32-30-27(25)16-15-26-24(17-19-31-29(26)30)21-8-6-4-7-9-21;1-3-9-5-6-10-4-2-8-14-12(10)11(9)13-7-1;2*1-3-7-11-9(5-1)10-6-2-4-8-12-10;;/h4,6-9,11-20,32H,2-3,5,10H2,1H3;2*4,6-9,11-20H,2-3,5,10H2,1H3;1-8H;2*1-8H;;/q;;;;;;2*+2. The Hall–Kier alpha value is -15.7. The molecule has 0 spiro atoms. The van der Waals surface area contributed by atoms with Crippen LogP contribution in [0.5, 0.6) is 0 Å². The number of carbonyl (C=O) groups excluding carboxylic acids is 3. The number of aromatic nitrogens is 10. The van der Waals surface area contributed by atoms with Gasteiger partial charge in [-0.1, -0.05) is 302 Å². The molecule has 0 bridgehead atoms. The van der Waals surface area contributed by atoms with Gasteiger partial charge in [-0.2, -0.15) is 0 Å². The number of allylic oxidation sites excluding steroid dienone is 4. The Bertz CT molecular complexity index is 7410. The fourth-order valence-corrected chi connectivity index (χ4v) is 17.8. The number of benzene rings is 9. The monoisotopic (exact) mass is 2050 g/mol. The first kappa shape index (κ1) is 101. The number of Topliss-reactive ketones (excluding diaryl/α,β-unsaturated/α-hetero) is 3. The summed E-state index contributed by atoms with van der Waals surface area (Å²) < 4.78 is 0. The summed E-state index contributed by atoms with van der Waals surface area (Å²) in [6, 6.07) is 107. The topological polar surface area (TPSA) is 217 Å². The Balaban J connectivity index is 0.000000135. The number of pyridine rings is 10. The zero-order valence-corrected chi connectivity index (χ0v) is 83.3. The Morgan fingerprint density at radius 1 is 0.317 bits per heavy atom. The van der Waals surface area contributed by atoms with Gasteiger partial charge in [0.15, 0.2) is 22.9 Å². The van der Waals surface area contributed by atoms with Crippen molar-refractivity contribution in [2.24, 2.45) is 9.98 Å². The number of nitrogens with one attached hydrogen (secondary N) is 1. The van der Waals surface area contributed by atoms with Crippen LogP contribution in [0.1, 0.15) is 140 Å². The number of fused-ring (bicyclic) bond motifs is 11. The van der Waals surface area contributed by atoms with Crippen LogP contribution in [0.25, 0.3) is 144 Å². The number of dihydropyridines is 2. The Morgan fingerprint density at radius 2 is 0.648 bits per heavy atom. The first-order valence-electron chi connectivity index (χ1n) is 47.7. The van der Waals surface area contributed by atoms with Gasteiger partial charge >= 0.3 is 39.0 Å². The third-order valence-electron chi connectivity index (χ3n) is 24.8. The van der Waals surface area contributed by atoms with Gasteiger partial charge in [-0.05, 0) is 201 Å². The second kappa shape index (κ2) is 50.2. The molecule has 0 radical (unpaired) electrons. The maximum atomic E-state index is 12.5. The van der Waals surface area contributed by atoms with Crippen LogP contribution in [0.2, 0.25) is 0 Å². The molecule has 142 heavy (non-hydrogen) atoms. The third-order valence-corrected chi connectivity index (χ3v) is 24.9. The van der Waals surface area contributed by atoms with Crippen LogP contribution in [0, 0.1) is 0 Å². The molecule has 696 valence electrons. The Morgan fingerprint density at radius 3 is 0.993 bits per heavy atom. The molecule has 1 atom stereocenters. The number of ketones is 3. The minimum Gasteiger partial charge on any atom is -0.360 e. The number of aliphatic imine (C=N–C) groups is 2. The summed E-state index contributed by atoms with van der Waals surface area (Å²) in [5, 5.41) is 12.6. The van der Waals surface area contributed by atoms with Crippen molar-refractivity contribution in [3.63, 3.8) is 0 Å². The number of hydrogen-bond acceptors (Lipinski definition) is 17. The van der Waals surface area contributed by atoms with E-state index >= 15 is 0 Å². The quantitative estimate of drug-likeness (QED) is 0.0149. The molecule has 16 nitrogen and oxygen atoms in total. The number of nitrogens with zero attached hydrogens (tertiary/aromatic N) is 12. The third kappa shape index (κ3) is 24.0. The van der Waals surface area contributed by atoms with Crippen molar-refractivity contribution < 1.29 is 53.3 Å². The predicted molar refractivity (Wildman–Crippen MR) is 576 cm³/mol. The smallest absolute Gasteiger partial charge is 0.360 e.